The van der Waals surface area contributed by atoms with Gasteiger partial charge in [-0.05, 0) is 38.1 Å². The first-order valence-electron chi connectivity index (χ1n) is 7.39. The van der Waals surface area contributed by atoms with Crippen molar-refractivity contribution in [2.24, 2.45) is 0 Å². The highest BCUT2D eigenvalue weighted by atomic mass is 32.1. The summed E-state index contributed by atoms with van der Waals surface area (Å²) in [6.07, 6.45) is 4.32. The Kier molecular flexibility index (Phi) is 4.13. The standard InChI is InChI=1S/C16H20N2OS2/c1-11-10-21-15(17-11)16(7-3-4-8-16)18-14(19)12(2)13-6-5-9-20-13/h5-6,9-10,12H,3-4,7-8H2,1-2H3,(H,18,19). The lowest BCUT2D eigenvalue weighted by molar-refractivity contribution is -0.124. The normalized spacial score (nSPS) is 18.6. The highest BCUT2D eigenvalue weighted by Gasteiger charge is 2.40. The maximum absolute atomic E-state index is 12.7. The van der Waals surface area contributed by atoms with Crippen LogP contribution >= 0.6 is 22.7 Å². The summed E-state index contributed by atoms with van der Waals surface area (Å²) >= 11 is 3.32. The van der Waals surface area contributed by atoms with E-state index in [4.69, 9.17) is 0 Å². The van der Waals surface area contributed by atoms with Crippen molar-refractivity contribution in [1.29, 1.82) is 0 Å². The molecule has 0 aromatic carbocycles. The molecule has 1 unspecified atom stereocenters. The topological polar surface area (TPSA) is 42.0 Å². The highest BCUT2D eigenvalue weighted by Crippen LogP contribution is 2.40. The zero-order valence-corrected chi connectivity index (χ0v) is 14.0. The molecule has 3 rings (SSSR count). The molecule has 3 nitrogen and oxygen atoms in total. The van der Waals surface area contributed by atoms with Crippen LogP contribution in [-0.2, 0) is 10.3 Å². The van der Waals surface area contributed by atoms with Crippen molar-refractivity contribution in [3.8, 4) is 0 Å². The van der Waals surface area contributed by atoms with Gasteiger partial charge in [-0.2, -0.15) is 0 Å². The van der Waals surface area contributed by atoms with Crippen molar-refractivity contribution < 1.29 is 4.79 Å². The van der Waals surface area contributed by atoms with E-state index in [-0.39, 0.29) is 17.4 Å². The van der Waals surface area contributed by atoms with E-state index in [1.807, 2.05) is 31.4 Å². The van der Waals surface area contributed by atoms with E-state index in [1.54, 1.807) is 22.7 Å². The van der Waals surface area contributed by atoms with Crippen LogP contribution in [0.3, 0.4) is 0 Å². The number of carbonyl (C=O) groups is 1. The second-order valence-electron chi connectivity index (χ2n) is 5.81. The van der Waals surface area contributed by atoms with Crippen molar-refractivity contribution in [2.45, 2.75) is 51.0 Å². The molecular weight excluding hydrogens is 300 g/mol. The van der Waals surface area contributed by atoms with Gasteiger partial charge in [-0.1, -0.05) is 18.9 Å². The van der Waals surface area contributed by atoms with Gasteiger partial charge < -0.3 is 5.32 Å². The number of thiazole rings is 1. The number of nitrogens with one attached hydrogen (secondary N) is 1. The molecule has 1 amide bonds. The maximum atomic E-state index is 12.7. The number of thiophene rings is 1. The number of aromatic nitrogens is 1. The van der Waals surface area contributed by atoms with E-state index in [0.717, 1.165) is 41.3 Å². The molecule has 2 aromatic heterocycles. The number of hydrogen-bond donors (Lipinski definition) is 1. The third-order valence-corrected chi connectivity index (χ3v) is 6.43. The van der Waals surface area contributed by atoms with Gasteiger partial charge in [0.15, 0.2) is 0 Å². The summed E-state index contributed by atoms with van der Waals surface area (Å²) in [5, 5.41) is 8.50. The van der Waals surface area contributed by atoms with Gasteiger partial charge in [-0.25, -0.2) is 4.98 Å². The number of carbonyl (C=O) groups excluding carboxylic acids is 1. The molecule has 0 saturated heterocycles. The van der Waals surface area contributed by atoms with E-state index >= 15 is 0 Å². The van der Waals surface area contributed by atoms with Gasteiger partial charge in [-0.15, -0.1) is 22.7 Å². The Labute approximate surface area is 133 Å². The molecule has 5 heteroatoms. The summed E-state index contributed by atoms with van der Waals surface area (Å²) < 4.78 is 0. The Morgan fingerprint density at radius 3 is 2.71 bits per heavy atom. The molecule has 1 atom stereocenters. The molecule has 0 bridgehead atoms. The Bertz CT molecular complexity index is 612. The van der Waals surface area contributed by atoms with Gasteiger partial charge >= 0.3 is 0 Å². The number of hydrogen-bond acceptors (Lipinski definition) is 4. The number of aryl methyl sites for hydroxylation is 1. The predicted octanol–water partition coefficient (Wildman–Crippen LogP) is 4.20. The summed E-state index contributed by atoms with van der Waals surface area (Å²) in [6.45, 7) is 4.00. The van der Waals surface area contributed by atoms with E-state index < -0.39 is 0 Å². The van der Waals surface area contributed by atoms with Gasteiger partial charge in [0.2, 0.25) is 5.91 Å². The Morgan fingerprint density at radius 1 is 1.38 bits per heavy atom. The van der Waals surface area contributed by atoms with Gasteiger partial charge in [-0.3, -0.25) is 4.79 Å². The minimum absolute atomic E-state index is 0.0939. The largest absolute Gasteiger partial charge is 0.344 e. The summed E-state index contributed by atoms with van der Waals surface area (Å²) in [5.74, 6) is 0.0238. The maximum Gasteiger partial charge on any atom is 0.228 e. The first-order chi connectivity index (χ1) is 10.1. The van der Waals surface area contributed by atoms with Crippen LogP contribution in [0, 0.1) is 6.92 Å². The van der Waals surface area contributed by atoms with Crippen molar-refractivity contribution in [3.05, 3.63) is 38.5 Å². The zero-order chi connectivity index (χ0) is 14.9. The molecule has 1 aliphatic rings. The number of nitrogens with zero attached hydrogens (tertiary/aromatic N) is 1. The van der Waals surface area contributed by atoms with Gasteiger partial charge in [0, 0.05) is 16.0 Å². The lowest BCUT2D eigenvalue weighted by Gasteiger charge is -2.29. The fourth-order valence-electron chi connectivity index (χ4n) is 2.96. The van der Waals surface area contributed by atoms with Crippen LogP contribution in [0.2, 0.25) is 0 Å². The smallest absolute Gasteiger partial charge is 0.228 e. The third-order valence-electron chi connectivity index (χ3n) is 4.21. The molecule has 1 fully saturated rings. The fourth-order valence-corrected chi connectivity index (χ4v) is 4.75. The summed E-state index contributed by atoms with van der Waals surface area (Å²) in [4.78, 5) is 18.4. The molecule has 0 spiro atoms. The van der Waals surface area contributed by atoms with Crippen LogP contribution in [0.1, 0.15) is 54.1 Å². The summed E-state index contributed by atoms with van der Waals surface area (Å²) in [7, 11) is 0. The van der Waals surface area contributed by atoms with E-state index in [1.165, 1.54) is 0 Å². The van der Waals surface area contributed by atoms with Crippen LogP contribution in [0.25, 0.3) is 0 Å². The highest BCUT2D eigenvalue weighted by molar-refractivity contribution is 7.10. The van der Waals surface area contributed by atoms with E-state index in [9.17, 15) is 4.79 Å². The zero-order valence-electron chi connectivity index (χ0n) is 12.4. The number of rotatable bonds is 4. The second-order valence-corrected chi connectivity index (χ2v) is 7.65. The van der Waals surface area contributed by atoms with Crippen molar-refractivity contribution >= 4 is 28.6 Å². The van der Waals surface area contributed by atoms with Crippen molar-refractivity contribution in [3.63, 3.8) is 0 Å². The van der Waals surface area contributed by atoms with Crippen molar-refractivity contribution in [2.75, 3.05) is 0 Å². The van der Waals surface area contributed by atoms with Gasteiger partial charge in [0.1, 0.15) is 5.01 Å². The molecule has 2 aromatic rings. The Balaban J connectivity index is 1.81. The van der Waals surface area contributed by atoms with Gasteiger partial charge in [0.05, 0.1) is 11.5 Å². The van der Waals surface area contributed by atoms with Crippen LogP contribution in [0.5, 0.6) is 0 Å². The average molecular weight is 320 g/mol. The lowest BCUT2D eigenvalue weighted by atomic mass is 9.96. The molecule has 1 N–H and O–H groups in total. The Morgan fingerprint density at radius 2 is 2.14 bits per heavy atom. The number of amides is 1. The molecule has 0 aliphatic heterocycles. The monoisotopic (exact) mass is 320 g/mol. The van der Waals surface area contributed by atoms with Crippen molar-refractivity contribution in [1.82, 2.24) is 10.3 Å². The molecule has 21 heavy (non-hydrogen) atoms. The molecule has 1 saturated carbocycles. The Hall–Kier alpha value is -1.20. The lowest BCUT2D eigenvalue weighted by Crippen LogP contribution is -2.45. The van der Waals surface area contributed by atoms with Crippen LogP contribution < -0.4 is 5.32 Å². The minimum atomic E-state index is -0.235. The molecule has 112 valence electrons. The third kappa shape index (κ3) is 2.90. The molecule has 2 heterocycles. The van der Waals surface area contributed by atoms with Crippen LogP contribution in [-0.4, -0.2) is 10.9 Å². The van der Waals surface area contributed by atoms with Crippen LogP contribution in [0.15, 0.2) is 22.9 Å². The average Bonchev–Trinajstić information content (AvgIpc) is 3.18. The van der Waals surface area contributed by atoms with E-state index in [2.05, 4.69) is 15.7 Å². The van der Waals surface area contributed by atoms with E-state index in [0.29, 0.717) is 0 Å². The predicted molar refractivity (Wildman–Crippen MR) is 87.9 cm³/mol. The fraction of sp³-hybridized carbons (Fsp3) is 0.500. The summed E-state index contributed by atoms with van der Waals surface area (Å²) in [6, 6.07) is 4.03. The molecule has 1 aliphatic carbocycles. The quantitative estimate of drug-likeness (QED) is 0.917. The van der Waals surface area contributed by atoms with Crippen LogP contribution in [0.4, 0.5) is 0 Å². The van der Waals surface area contributed by atoms with Gasteiger partial charge in [0.25, 0.3) is 0 Å². The summed E-state index contributed by atoms with van der Waals surface area (Å²) in [5.41, 5.74) is 0.809. The molecule has 0 radical (unpaired) electrons. The first-order valence-corrected chi connectivity index (χ1v) is 9.15. The minimum Gasteiger partial charge on any atom is -0.344 e. The second kappa shape index (κ2) is 5.89. The molecular formula is C16H20N2OS2. The SMILES string of the molecule is Cc1csc(C2(NC(=O)C(C)c3cccs3)CCCC2)n1. The first kappa shape index (κ1) is 14.7.